The summed E-state index contributed by atoms with van der Waals surface area (Å²) in [6, 6.07) is 10.8. The Labute approximate surface area is 181 Å². The van der Waals surface area contributed by atoms with E-state index in [0.29, 0.717) is 23.9 Å². The molecule has 2 rings (SSSR count). The third kappa shape index (κ3) is 8.33. The largest absolute Gasteiger partial charge is 0.493 e. The van der Waals surface area contributed by atoms with E-state index in [1.807, 2.05) is 6.07 Å². The third-order valence-electron chi connectivity index (χ3n) is 4.26. The highest BCUT2D eigenvalue weighted by molar-refractivity contribution is 5.83. The molecule has 9 nitrogen and oxygen atoms in total. The maximum atomic E-state index is 11.8. The van der Waals surface area contributed by atoms with Crippen LogP contribution in [-0.2, 0) is 4.79 Å². The van der Waals surface area contributed by atoms with Gasteiger partial charge in [0.2, 0.25) is 0 Å². The topological polar surface area (TPSA) is 112 Å². The molecule has 0 aliphatic heterocycles. The van der Waals surface area contributed by atoms with Crippen molar-refractivity contribution < 1.29 is 23.9 Å². The minimum absolute atomic E-state index is 0.0512. The number of benzene rings is 2. The number of rotatable bonds is 13. The molecule has 1 amide bonds. The number of carbonyl (C=O) groups is 1. The van der Waals surface area contributed by atoms with Crippen LogP contribution in [0.3, 0.4) is 0 Å². The fourth-order valence-electron chi connectivity index (χ4n) is 2.62. The zero-order chi connectivity index (χ0) is 22.5. The summed E-state index contributed by atoms with van der Waals surface area (Å²) in [5.41, 5.74) is 3.04. The number of nitro benzene ring substituents is 1. The number of hydrogen-bond donors (Lipinski definition) is 1. The van der Waals surface area contributed by atoms with Crippen LogP contribution in [0.5, 0.6) is 17.2 Å². The lowest BCUT2D eigenvalue weighted by Gasteiger charge is -2.11. The predicted molar refractivity (Wildman–Crippen MR) is 117 cm³/mol. The Balaban J connectivity index is 1.80. The highest BCUT2D eigenvalue weighted by Crippen LogP contribution is 2.27. The smallest absolute Gasteiger partial charge is 0.277 e. The first kappa shape index (κ1) is 23.7. The van der Waals surface area contributed by atoms with Gasteiger partial charge in [-0.3, -0.25) is 14.9 Å². The molecule has 1 N–H and O–H groups in total. The van der Waals surface area contributed by atoms with Crippen molar-refractivity contribution in [3.05, 3.63) is 58.1 Å². The van der Waals surface area contributed by atoms with E-state index in [-0.39, 0.29) is 12.3 Å². The van der Waals surface area contributed by atoms with Gasteiger partial charge in [-0.1, -0.05) is 26.2 Å². The SMILES string of the molecule is CCCCCCOc1ccc(C=NNC(=O)COc2ccc([N+](=O)[O-])cc2)cc1OC. The van der Waals surface area contributed by atoms with Crippen molar-refractivity contribution in [3.63, 3.8) is 0 Å². The van der Waals surface area contributed by atoms with Crippen molar-refractivity contribution in [2.24, 2.45) is 5.10 Å². The van der Waals surface area contributed by atoms with Crippen molar-refractivity contribution in [3.8, 4) is 17.2 Å². The van der Waals surface area contributed by atoms with Crippen molar-refractivity contribution in [2.75, 3.05) is 20.3 Å². The Hall–Kier alpha value is -3.62. The van der Waals surface area contributed by atoms with Crippen LogP contribution in [0.25, 0.3) is 0 Å². The molecule has 0 unspecified atom stereocenters. The molecule has 0 bridgehead atoms. The Morgan fingerprint density at radius 3 is 2.55 bits per heavy atom. The van der Waals surface area contributed by atoms with Gasteiger partial charge in [-0.15, -0.1) is 0 Å². The molecule has 0 atom stereocenters. The number of non-ortho nitro benzene ring substituents is 1. The molecule has 0 saturated heterocycles. The van der Waals surface area contributed by atoms with Crippen LogP contribution < -0.4 is 19.6 Å². The first-order valence-electron chi connectivity index (χ1n) is 10.0. The summed E-state index contributed by atoms with van der Waals surface area (Å²) in [7, 11) is 1.57. The molecule has 166 valence electrons. The summed E-state index contributed by atoms with van der Waals surface area (Å²) < 4.78 is 16.4. The van der Waals surface area contributed by atoms with Gasteiger partial charge in [0.15, 0.2) is 18.1 Å². The molecular formula is C22H27N3O6. The number of nitro groups is 1. The van der Waals surface area contributed by atoms with E-state index in [1.165, 1.54) is 43.3 Å². The van der Waals surface area contributed by atoms with Crippen LogP contribution in [0, 0.1) is 10.1 Å². The van der Waals surface area contributed by atoms with Gasteiger partial charge in [-0.2, -0.15) is 5.10 Å². The average Bonchev–Trinajstić information content (AvgIpc) is 2.78. The molecule has 2 aromatic rings. The summed E-state index contributed by atoms with van der Waals surface area (Å²) in [5, 5.41) is 14.5. The Morgan fingerprint density at radius 1 is 1.10 bits per heavy atom. The summed E-state index contributed by atoms with van der Waals surface area (Å²) in [4.78, 5) is 22.0. The number of amides is 1. The van der Waals surface area contributed by atoms with Gasteiger partial charge >= 0.3 is 0 Å². The Kier molecular flexibility index (Phi) is 9.80. The number of methoxy groups -OCH3 is 1. The molecule has 0 fully saturated rings. The van der Waals surface area contributed by atoms with E-state index in [1.54, 1.807) is 19.2 Å². The number of nitrogens with zero attached hydrogens (tertiary/aromatic N) is 2. The van der Waals surface area contributed by atoms with Crippen LogP contribution in [-0.4, -0.2) is 37.4 Å². The lowest BCUT2D eigenvalue weighted by molar-refractivity contribution is -0.384. The van der Waals surface area contributed by atoms with Gasteiger partial charge in [0.25, 0.3) is 11.6 Å². The molecule has 31 heavy (non-hydrogen) atoms. The molecule has 2 aromatic carbocycles. The van der Waals surface area contributed by atoms with Gasteiger partial charge in [0.1, 0.15) is 5.75 Å². The van der Waals surface area contributed by atoms with Crippen LogP contribution in [0.2, 0.25) is 0 Å². The molecule has 0 radical (unpaired) electrons. The van der Waals surface area contributed by atoms with Crippen LogP contribution in [0.15, 0.2) is 47.6 Å². The molecule has 0 spiro atoms. The van der Waals surface area contributed by atoms with E-state index in [0.717, 1.165) is 18.4 Å². The average molecular weight is 429 g/mol. The standard InChI is InChI=1S/C22H27N3O6/c1-3-4-5-6-13-30-20-12-7-17(14-21(20)29-2)15-23-24-22(26)16-31-19-10-8-18(9-11-19)25(27)28/h7-12,14-15H,3-6,13,16H2,1-2H3,(H,24,26). The Bertz CT molecular complexity index is 883. The van der Waals surface area contributed by atoms with E-state index >= 15 is 0 Å². The molecule has 0 saturated carbocycles. The molecule has 0 aliphatic carbocycles. The van der Waals surface area contributed by atoms with E-state index in [9.17, 15) is 14.9 Å². The van der Waals surface area contributed by atoms with Crippen LogP contribution in [0.4, 0.5) is 5.69 Å². The highest BCUT2D eigenvalue weighted by atomic mass is 16.6. The lowest BCUT2D eigenvalue weighted by Crippen LogP contribution is -2.24. The Morgan fingerprint density at radius 2 is 1.87 bits per heavy atom. The number of carbonyl (C=O) groups excluding carboxylic acids is 1. The quantitative estimate of drug-likeness (QED) is 0.222. The van der Waals surface area contributed by atoms with E-state index in [2.05, 4.69) is 17.5 Å². The van der Waals surface area contributed by atoms with E-state index in [4.69, 9.17) is 14.2 Å². The van der Waals surface area contributed by atoms with Gasteiger partial charge < -0.3 is 14.2 Å². The van der Waals surface area contributed by atoms with Crippen molar-refractivity contribution in [1.82, 2.24) is 5.43 Å². The highest BCUT2D eigenvalue weighted by Gasteiger charge is 2.07. The van der Waals surface area contributed by atoms with Crippen molar-refractivity contribution >= 4 is 17.8 Å². The minimum atomic E-state index is -0.507. The zero-order valence-corrected chi connectivity index (χ0v) is 17.7. The second-order valence-corrected chi connectivity index (χ2v) is 6.65. The molecule has 0 aromatic heterocycles. The maximum Gasteiger partial charge on any atom is 0.277 e. The van der Waals surface area contributed by atoms with Gasteiger partial charge in [0, 0.05) is 12.1 Å². The predicted octanol–water partition coefficient (Wildman–Crippen LogP) is 4.09. The monoisotopic (exact) mass is 429 g/mol. The first-order valence-corrected chi connectivity index (χ1v) is 10.0. The fourth-order valence-corrected chi connectivity index (χ4v) is 2.62. The number of nitrogens with one attached hydrogen (secondary N) is 1. The molecule has 0 aliphatic rings. The maximum absolute atomic E-state index is 11.8. The summed E-state index contributed by atoms with van der Waals surface area (Å²) >= 11 is 0. The van der Waals surface area contributed by atoms with Gasteiger partial charge in [0.05, 0.1) is 24.9 Å². The number of hydrogen-bond acceptors (Lipinski definition) is 7. The molecule has 0 heterocycles. The number of unbranched alkanes of at least 4 members (excludes halogenated alkanes) is 3. The second kappa shape index (κ2) is 12.8. The zero-order valence-electron chi connectivity index (χ0n) is 17.7. The summed E-state index contributed by atoms with van der Waals surface area (Å²) in [6.07, 6.45) is 5.99. The fraction of sp³-hybridized carbons (Fsp3) is 0.364. The van der Waals surface area contributed by atoms with Crippen LogP contribution in [0.1, 0.15) is 38.2 Å². The van der Waals surface area contributed by atoms with Gasteiger partial charge in [-0.25, -0.2) is 5.43 Å². The van der Waals surface area contributed by atoms with Gasteiger partial charge in [-0.05, 0) is 42.3 Å². The summed E-state index contributed by atoms with van der Waals surface area (Å²) in [6.45, 7) is 2.52. The third-order valence-corrected chi connectivity index (χ3v) is 4.26. The van der Waals surface area contributed by atoms with Crippen molar-refractivity contribution in [1.29, 1.82) is 0 Å². The number of ether oxygens (including phenoxy) is 3. The van der Waals surface area contributed by atoms with E-state index < -0.39 is 10.8 Å². The summed E-state index contributed by atoms with van der Waals surface area (Å²) in [5.74, 6) is 1.14. The minimum Gasteiger partial charge on any atom is -0.493 e. The number of hydrazone groups is 1. The normalized spacial score (nSPS) is 10.6. The van der Waals surface area contributed by atoms with Crippen LogP contribution >= 0.6 is 0 Å². The van der Waals surface area contributed by atoms with Crippen molar-refractivity contribution in [2.45, 2.75) is 32.6 Å². The second-order valence-electron chi connectivity index (χ2n) is 6.65. The molecule has 9 heteroatoms. The molecular weight excluding hydrogens is 402 g/mol. The first-order chi connectivity index (χ1) is 15.0. The lowest BCUT2D eigenvalue weighted by atomic mass is 10.2.